The second-order valence-corrected chi connectivity index (χ2v) is 8.37. The van der Waals surface area contributed by atoms with Crippen molar-refractivity contribution in [2.24, 2.45) is 5.41 Å². The molecule has 1 spiro atoms. The molecule has 30 heavy (non-hydrogen) atoms. The van der Waals surface area contributed by atoms with Gasteiger partial charge in [-0.1, -0.05) is 18.2 Å². The standard InChI is InChI=1S/C20H12F6O3S/c21-19(22,23)13-5-10(17(28)29)11-6-18(7-12(11)15(13)20(24,25)26)8-30-14-4-2-1-3-9(14)16(18)27/h1-5H,6-8H2,(H,28,29). The molecular formula is C20H12F6O3S. The Morgan fingerprint density at radius 2 is 1.63 bits per heavy atom. The number of hydrogen-bond acceptors (Lipinski definition) is 3. The fourth-order valence-electron chi connectivity index (χ4n) is 4.26. The summed E-state index contributed by atoms with van der Waals surface area (Å²) in [6.07, 6.45) is -11.7. The monoisotopic (exact) mass is 446 g/mol. The molecule has 1 aliphatic heterocycles. The predicted octanol–water partition coefficient (Wildman–Crippen LogP) is 5.50. The van der Waals surface area contributed by atoms with E-state index < -0.39 is 58.2 Å². The maximum Gasteiger partial charge on any atom is 0.417 e. The number of thioether (sulfide) groups is 1. The zero-order valence-electron chi connectivity index (χ0n) is 14.9. The van der Waals surface area contributed by atoms with E-state index in [9.17, 15) is 41.0 Å². The summed E-state index contributed by atoms with van der Waals surface area (Å²) in [4.78, 5) is 25.4. The fourth-order valence-corrected chi connectivity index (χ4v) is 5.52. The van der Waals surface area contributed by atoms with E-state index >= 15 is 0 Å². The third-order valence-corrected chi connectivity index (χ3v) is 6.88. The smallest absolute Gasteiger partial charge is 0.417 e. The molecule has 0 saturated carbocycles. The number of carbonyl (C=O) groups is 2. The van der Waals surface area contributed by atoms with Gasteiger partial charge in [-0.3, -0.25) is 4.79 Å². The Kier molecular flexibility index (Phi) is 4.50. The lowest BCUT2D eigenvalue weighted by Crippen LogP contribution is -2.38. The largest absolute Gasteiger partial charge is 0.478 e. The molecule has 158 valence electrons. The lowest BCUT2D eigenvalue weighted by molar-refractivity contribution is -0.162. The summed E-state index contributed by atoms with van der Waals surface area (Å²) < 4.78 is 81.5. The zero-order valence-corrected chi connectivity index (χ0v) is 15.8. The normalized spacial score (nSPS) is 20.9. The van der Waals surface area contributed by atoms with Crippen molar-refractivity contribution >= 4 is 23.5 Å². The first-order valence-corrected chi connectivity index (χ1v) is 9.67. The summed E-state index contributed by atoms with van der Waals surface area (Å²) in [7, 11) is 0. The van der Waals surface area contributed by atoms with Gasteiger partial charge in [0.25, 0.3) is 0 Å². The molecule has 2 aromatic carbocycles. The molecule has 1 aliphatic carbocycles. The van der Waals surface area contributed by atoms with Crippen molar-refractivity contribution in [2.75, 3.05) is 5.75 Å². The van der Waals surface area contributed by atoms with E-state index in [1.807, 2.05) is 0 Å². The van der Waals surface area contributed by atoms with Gasteiger partial charge in [0.05, 0.1) is 22.1 Å². The third-order valence-electron chi connectivity index (χ3n) is 5.52. The van der Waals surface area contributed by atoms with Gasteiger partial charge in [0.2, 0.25) is 0 Å². The van der Waals surface area contributed by atoms with Crippen molar-refractivity contribution in [3.63, 3.8) is 0 Å². The van der Waals surface area contributed by atoms with E-state index in [0.717, 1.165) is 0 Å². The van der Waals surface area contributed by atoms with Crippen LogP contribution in [0.4, 0.5) is 26.3 Å². The highest BCUT2D eigenvalue weighted by Gasteiger charge is 2.54. The molecule has 2 aromatic rings. The van der Waals surface area contributed by atoms with Crippen LogP contribution in [-0.2, 0) is 25.2 Å². The van der Waals surface area contributed by atoms with E-state index in [1.165, 1.54) is 17.8 Å². The van der Waals surface area contributed by atoms with Crippen molar-refractivity contribution < 1.29 is 41.0 Å². The summed E-state index contributed by atoms with van der Waals surface area (Å²) in [5.74, 6) is -2.19. The summed E-state index contributed by atoms with van der Waals surface area (Å²) in [6, 6.07) is 6.51. The van der Waals surface area contributed by atoms with E-state index in [4.69, 9.17) is 0 Å². The molecule has 1 unspecified atom stereocenters. The van der Waals surface area contributed by atoms with Crippen LogP contribution < -0.4 is 0 Å². The van der Waals surface area contributed by atoms with Crippen LogP contribution in [-0.4, -0.2) is 22.6 Å². The number of carbonyl (C=O) groups excluding carboxylic acids is 1. The molecule has 0 saturated heterocycles. The quantitative estimate of drug-likeness (QED) is 0.589. The van der Waals surface area contributed by atoms with Gasteiger partial charge in [0.15, 0.2) is 5.78 Å². The Hall–Kier alpha value is -2.49. The van der Waals surface area contributed by atoms with Gasteiger partial charge in [0, 0.05) is 16.2 Å². The molecule has 2 aliphatic rings. The van der Waals surface area contributed by atoms with E-state index in [1.54, 1.807) is 18.2 Å². The van der Waals surface area contributed by atoms with Gasteiger partial charge in [-0.15, -0.1) is 11.8 Å². The molecule has 10 heteroatoms. The Bertz CT molecular complexity index is 1090. The maximum absolute atomic E-state index is 13.7. The Morgan fingerprint density at radius 3 is 2.23 bits per heavy atom. The summed E-state index contributed by atoms with van der Waals surface area (Å²) >= 11 is 1.22. The number of halogens is 6. The highest BCUT2D eigenvalue weighted by atomic mass is 32.2. The fraction of sp³-hybridized carbons (Fsp3) is 0.300. The molecule has 1 N–H and O–H groups in total. The molecule has 3 nitrogen and oxygen atoms in total. The molecule has 0 aromatic heterocycles. The van der Waals surface area contributed by atoms with Crippen LogP contribution in [0.1, 0.15) is 43.0 Å². The van der Waals surface area contributed by atoms with Crippen molar-refractivity contribution in [1.29, 1.82) is 0 Å². The van der Waals surface area contributed by atoms with Gasteiger partial charge in [0.1, 0.15) is 0 Å². The first kappa shape index (κ1) is 20.8. The molecule has 1 atom stereocenters. The minimum Gasteiger partial charge on any atom is -0.478 e. The second kappa shape index (κ2) is 6.50. The lowest BCUT2D eigenvalue weighted by atomic mass is 9.78. The number of carboxylic acid groups (broad SMARTS) is 1. The minimum absolute atomic E-state index is 0.0391. The Morgan fingerprint density at radius 1 is 1.00 bits per heavy atom. The lowest BCUT2D eigenvalue weighted by Gasteiger charge is -2.32. The van der Waals surface area contributed by atoms with Gasteiger partial charge in [-0.25, -0.2) is 4.79 Å². The van der Waals surface area contributed by atoms with Crippen LogP contribution >= 0.6 is 11.8 Å². The van der Waals surface area contributed by atoms with E-state index in [2.05, 4.69) is 0 Å². The van der Waals surface area contributed by atoms with Crippen LogP contribution in [0.5, 0.6) is 0 Å². The predicted molar refractivity (Wildman–Crippen MR) is 94.7 cm³/mol. The first-order valence-electron chi connectivity index (χ1n) is 8.68. The minimum atomic E-state index is -5.40. The van der Waals surface area contributed by atoms with Crippen LogP contribution in [0.2, 0.25) is 0 Å². The highest BCUT2D eigenvalue weighted by molar-refractivity contribution is 7.99. The molecular weight excluding hydrogens is 434 g/mol. The highest BCUT2D eigenvalue weighted by Crippen LogP contribution is 2.53. The number of benzene rings is 2. The Labute approximate surface area is 170 Å². The van der Waals surface area contributed by atoms with Crippen LogP contribution in [0.3, 0.4) is 0 Å². The number of aromatic carboxylic acids is 1. The molecule has 0 bridgehead atoms. The molecule has 0 fully saturated rings. The number of hydrogen-bond donors (Lipinski definition) is 1. The summed E-state index contributed by atoms with van der Waals surface area (Å²) in [5, 5.41) is 9.40. The van der Waals surface area contributed by atoms with Crippen molar-refractivity contribution in [2.45, 2.75) is 30.1 Å². The van der Waals surface area contributed by atoms with Crippen molar-refractivity contribution in [3.05, 3.63) is 63.7 Å². The molecule has 1 heterocycles. The average molecular weight is 446 g/mol. The SMILES string of the molecule is O=C(O)c1cc(C(F)(F)F)c(C(F)(F)F)c2c1CC1(CSc3ccccc3C1=O)C2. The van der Waals surface area contributed by atoms with Gasteiger partial charge in [-0.05, 0) is 36.1 Å². The van der Waals surface area contributed by atoms with E-state index in [0.29, 0.717) is 4.90 Å². The molecule has 4 rings (SSSR count). The van der Waals surface area contributed by atoms with Crippen LogP contribution in [0.25, 0.3) is 0 Å². The third kappa shape index (κ3) is 3.08. The molecule has 0 amide bonds. The van der Waals surface area contributed by atoms with Crippen molar-refractivity contribution in [3.8, 4) is 0 Å². The second-order valence-electron chi connectivity index (χ2n) is 7.35. The Balaban J connectivity index is 1.95. The average Bonchev–Trinajstić information content (AvgIpc) is 3.02. The van der Waals surface area contributed by atoms with Crippen LogP contribution in [0, 0.1) is 5.41 Å². The molecule has 0 radical (unpaired) electrons. The number of rotatable bonds is 1. The van der Waals surface area contributed by atoms with Crippen molar-refractivity contribution in [1.82, 2.24) is 0 Å². The number of Topliss-reactive ketones (excluding diaryl/α,β-unsaturated/α-hetero) is 1. The summed E-state index contributed by atoms with van der Waals surface area (Å²) in [5.41, 5.74) is -7.03. The zero-order chi connectivity index (χ0) is 22.1. The van der Waals surface area contributed by atoms with Gasteiger partial charge >= 0.3 is 18.3 Å². The van der Waals surface area contributed by atoms with Gasteiger partial charge in [-0.2, -0.15) is 26.3 Å². The number of alkyl halides is 6. The number of fused-ring (bicyclic) bond motifs is 2. The van der Waals surface area contributed by atoms with E-state index in [-0.39, 0.29) is 29.4 Å². The topological polar surface area (TPSA) is 54.4 Å². The van der Waals surface area contributed by atoms with Crippen LogP contribution in [0.15, 0.2) is 35.2 Å². The summed E-state index contributed by atoms with van der Waals surface area (Å²) in [6.45, 7) is 0. The number of ketones is 1. The first-order chi connectivity index (χ1) is 13.8. The van der Waals surface area contributed by atoms with Gasteiger partial charge < -0.3 is 5.11 Å². The maximum atomic E-state index is 13.7. The number of carboxylic acids is 1.